The fraction of sp³-hybridized carbons (Fsp3) is 0.682. The summed E-state index contributed by atoms with van der Waals surface area (Å²) >= 11 is 0. The third kappa shape index (κ3) is 6.03. The molecule has 1 saturated carbocycles. The molecule has 156 valence electrons. The van der Waals surface area contributed by atoms with Crippen molar-refractivity contribution in [3.05, 3.63) is 24.3 Å². The van der Waals surface area contributed by atoms with Crippen LogP contribution >= 0.6 is 0 Å². The van der Waals surface area contributed by atoms with Crippen molar-refractivity contribution in [3.8, 4) is 5.75 Å². The van der Waals surface area contributed by atoms with E-state index in [0.717, 1.165) is 70.0 Å². The summed E-state index contributed by atoms with van der Waals surface area (Å²) in [5, 5.41) is 3.42. The summed E-state index contributed by atoms with van der Waals surface area (Å²) < 4.78 is 11.3. The first-order valence-corrected chi connectivity index (χ1v) is 10.7. The molecule has 28 heavy (non-hydrogen) atoms. The Kier molecular flexibility index (Phi) is 7.83. The molecule has 1 atom stereocenters. The van der Waals surface area contributed by atoms with Gasteiger partial charge in [0.05, 0.1) is 19.4 Å². The van der Waals surface area contributed by atoms with Crippen LogP contribution in [0.25, 0.3) is 0 Å². The standard InChI is InChI=1S/C22H36N4O2/c1-4-23-22(25(2)13-14-28-17-18-9-10-18)24-15-19-11-12-26(16-19)20-7-5-6-8-21(20)27-3/h5-8,18-19H,4,9-17H2,1-3H3,(H,23,24). The maximum Gasteiger partial charge on any atom is 0.193 e. The summed E-state index contributed by atoms with van der Waals surface area (Å²) in [5.74, 6) is 3.32. The van der Waals surface area contributed by atoms with Gasteiger partial charge in [-0.2, -0.15) is 0 Å². The first-order chi connectivity index (χ1) is 13.7. The highest BCUT2D eigenvalue weighted by atomic mass is 16.5. The average Bonchev–Trinajstić information content (AvgIpc) is 3.43. The number of nitrogens with zero attached hydrogens (tertiary/aromatic N) is 3. The van der Waals surface area contributed by atoms with Crippen LogP contribution in [0.4, 0.5) is 5.69 Å². The molecule has 6 nitrogen and oxygen atoms in total. The van der Waals surface area contributed by atoms with Crippen LogP contribution in [0.5, 0.6) is 5.75 Å². The van der Waals surface area contributed by atoms with E-state index in [1.807, 2.05) is 12.1 Å². The molecule has 1 aromatic rings. The second-order valence-electron chi connectivity index (χ2n) is 7.91. The number of para-hydroxylation sites is 2. The molecule has 6 heteroatoms. The van der Waals surface area contributed by atoms with Gasteiger partial charge in [0.25, 0.3) is 0 Å². The minimum Gasteiger partial charge on any atom is -0.495 e. The zero-order valence-corrected chi connectivity index (χ0v) is 17.7. The molecule has 0 bridgehead atoms. The van der Waals surface area contributed by atoms with Gasteiger partial charge in [0, 0.05) is 46.4 Å². The Labute approximate surface area is 169 Å². The van der Waals surface area contributed by atoms with Crippen LogP contribution < -0.4 is 15.0 Å². The van der Waals surface area contributed by atoms with Crippen molar-refractivity contribution in [2.24, 2.45) is 16.8 Å². The van der Waals surface area contributed by atoms with Gasteiger partial charge < -0.3 is 24.6 Å². The molecule has 1 unspecified atom stereocenters. The molecule has 0 amide bonds. The Morgan fingerprint density at radius 3 is 2.82 bits per heavy atom. The minimum absolute atomic E-state index is 0.568. The highest BCUT2D eigenvalue weighted by Crippen LogP contribution is 2.32. The zero-order valence-electron chi connectivity index (χ0n) is 17.7. The molecule has 2 fully saturated rings. The van der Waals surface area contributed by atoms with Crippen molar-refractivity contribution >= 4 is 11.6 Å². The van der Waals surface area contributed by atoms with Crippen LogP contribution in [-0.2, 0) is 4.74 Å². The van der Waals surface area contributed by atoms with E-state index in [1.54, 1.807) is 7.11 Å². The number of hydrogen-bond acceptors (Lipinski definition) is 4. The Morgan fingerprint density at radius 2 is 2.07 bits per heavy atom. The van der Waals surface area contributed by atoms with Gasteiger partial charge in [-0.15, -0.1) is 0 Å². The highest BCUT2D eigenvalue weighted by Gasteiger charge is 2.25. The molecule has 1 saturated heterocycles. The Hall–Kier alpha value is -1.95. The van der Waals surface area contributed by atoms with Crippen molar-refractivity contribution in [3.63, 3.8) is 0 Å². The lowest BCUT2D eigenvalue weighted by Crippen LogP contribution is -2.41. The third-order valence-corrected chi connectivity index (χ3v) is 5.53. The number of aliphatic imine (C=N–C) groups is 1. The molecule has 1 N–H and O–H groups in total. The normalized spacial score (nSPS) is 19.8. The largest absolute Gasteiger partial charge is 0.495 e. The smallest absolute Gasteiger partial charge is 0.193 e. The lowest BCUT2D eigenvalue weighted by Gasteiger charge is -2.23. The molecule has 2 aliphatic rings. The van der Waals surface area contributed by atoms with Gasteiger partial charge in [0.15, 0.2) is 5.96 Å². The van der Waals surface area contributed by atoms with Crippen LogP contribution in [0.2, 0.25) is 0 Å². The van der Waals surface area contributed by atoms with E-state index < -0.39 is 0 Å². The van der Waals surface area contributed by atoms with Crippen LogP contribution in [0, 0.1) is 11.8 Å². The summed E-state index contributed by atoms with van der Waals surface area (Å²) in [6.07, 6.45) is 3.84. The average molecular weight is 389 g/mol. The summed E-state index contributed by atoms with van der Waals surface area (Å²) in [4.78, 5) is 9.51. The zero-order chi connectivity index (χ0) is 19.8. The summed E-state index contributed by atoms with van der Waals surface area (Å²) in [6.45, 7) is 8.48. The third-order valence-electron chi connectivity index (χ3n) is 5.53. The highest BCUT2D eigenvalue weighted by molar-refractivity contribution is 5.79. The van der Waals surface area contributed by atoms with Gasteiger partial charge >= 0.3 is 0 Å². The van der Waals surface area contributed by atoms with Gasteiger partial charge in [-0.3, -0.25) is 4.99 Å². The number of anilines is 1. The molecule has 1 heterocycles. The van der Waals surface area contributed by atoms with E-state index in [2.05, 4.69) is 41.2 Å². The van der Waals surface area contributed by atoms with Crippen molar-refractivity contribution in [1.82, 2.24) is 10.2 Å². The Bertz CT molecular complexity index is 633. The van der Waals surface area contributed by atoms with E-state index in [4.69, 9.17) is 14.5 Å². The lowest BCUT2D eigenvalue weighted by atomic mass is 10.1. The first kappa shape index (κ1) is 20.8. The molecular formula is C22H36N4O2. The number of guanidine groups is 1. The van der Waals surface area contributed by atoms with Crippen LogP contribution in [0.3, 0.4) is 0 Å². The fourth-order valence-corrected chi connectivity index (χ4v) is 3.62. The first-order valence-electron chi connectivity index (χ1n) is 10.7. The second kappa shape index (κ2) is 10.6. The molecule has 3 rings (SSSR count). The van der Waals surface area contributed by atoms with Gasteiger partial charge in [-0.1, -0.05) is 12.1 Å². The topological polar surface area (TPSA) is 49.3 Å². The number of rotatable bonds is 10. The van der Waals surface area contributed by atoms with E-state index in [-0.39, 0.29) is 0 Å². The Balaban J connectivity index is 1.48. The van der Waals surface area contributed by atoms with Crippen LogP contribution in [0.15, 0.2) is 29.3 Å². The van der Waals surface area contributed by atoms with Gasteiger partial charge in [0.1, 0.15) is 5.75 Å². The summed E-state index contributed by atoms with van der Waals surface area (Å²) in [5.41, 5.74) is 1.19. The maximum absolute atomic E-state index is 5.78. The fourth-order valence-electron chi connectivity index (χ4n) is 3.62. The predicted octanol–water partition coefficient (Wildman–Crippen LogP) is 2.85. The van der Waals surface area contributed by atoms with E-state index in [1.165, 1.54) is 18.5 Å². The van der Waals surface area contributed by atoms with Gasteiger partial charge in [-0.05, 0) is 50.2 Å². The Morgan fingerprint density at radius 1 is 1.25 bits per heavy atom. The number of nitrogens with one attached hydrogen (secondary N) is 1. The van der Waals surface area contributed by atoms with Crippen molar-refractivity contribution in [2.45, 2.75) is 26.2 Å². The molecule has 0 spiro atoms. The van der Waals surface area contributed by atoms with E-state index in [9.17, 15) is 0 Å². The van der Waals surface area contributed by atoms with Crippen molar-refractivity contribution in [2.75, 3.05) is 65.0 Å². The monoisotopic (exact) mass is 388 g/mol. The van der Waals surface area contributed by atoms with Crippen LogP contribution in [0.1, 0.15) is 26.2 Å². The van der Waals surface area contributed by atoms with Crippen molar-refractivity contribution in [1.29, 1.82) is 0 Å². The maximum atomic E-state index is 5.78. The number of likely N-dealkylation sites (N-methyl/N-ethyl adjacent to an activating group) is 1. The quantitative estimate of drug-likeness (QED) is 0.379. The molecule has 0 radical (unpaired) electrons. The molecule has 0 aromatic heterocycles. The number of hydrogen-bond donors (Lipinski definition) is 1. The number of methoxy groups -OCH3 is 1. The molecule has 1 aliphatic heterocycles. The van der Waals surface area contributed by atoms with E-state index >= 15 is 0 Å². The predicted molar refractivity (Wildman–Crippen MR) is 115 cm³/mol. The number of ether oxygens (including phenoxy) is 2. The summed E-state index contributed by atoms with van der Waals surface area (Å²) in [6, 6.07) is 8.27. The van der Waals surface area contributed by atoms with Crippen molar-refractivity contribution < 1.29 is 9.47 Å². The second-order valence-corrected chi connectivity index (χ2v) is 7.91. The van der Waals surface area contributed by atoms with Gasteiger partial charge in [0.2, 0.25) is 0 Å². The molecule has 1 aromatic carbocycles. The molecular weight excluding hydrogens is 352 g/mol. The minimum atomic E-state index is 0.568. The van der Waals surface area contributed by atoms with Crippen LogP contribution in [-0.4, -0.2) is 71.0 Å². The SMILES string of the molecule is CCNC(=NCC1CCN(c2ccccc2OC)C1)N(C)CCOCC1CC1. The molecule has 1 aliphatic carbocycles. The summed E-state index contributed by atoms with van der Waals surface area (Å²) in [7, 11) is 3.83. The lowest BCUT2D eigenvalue weighted by molar-refractivity contribution is 0.115. The number of benzene rings is 1. The van der Waals surface area contributed by atoms with Gasteiger partial charge in [-0.25, -0.2) is 0 Å². The van der Waals surface area contributed by atoms with E-state index in [0.29, 0.717) is 5.92 Å².